The Morgan fingerprint density at radius 3 is 2.47 bits per heavy atom. The molecule has 0 fully saturated rings. The first-order valence-corrected chi connectivity index (χ1v) is 5.93. The van der Waals surface area contributed by atoms with Crippen LogP contribution in [0.4, 0.5) is 5.69 Å². The molecule has 0 unspecified atom stereocenters. The Labute approximate surface area is 112 Å². The lowest BCUT2D eigenvalue weighted by Gasteiger charge is -2.15. The highest BCUT2D eigenvalue weighted by Gasteiger charge is 2.02. The van der Waals surface area contributed by atoms with Crippen LogP contribution in [0.25, 0.3) is 5.70 Å². The van der Waals surface area contributed by atoms with Crippen LogP contribution in [0.5, 0.6) is 5.75 Å². The smallest absolute Gasteiger partial charge is 0.115 e. The van der Waals surface area contributed by atoms with Gasteiger partial charge >= 0.3 is 0 Å². The second-order valence-corrected chi connectivity index (χ2v) is 4.38. The summed E-state index contributed by atoms with van der Waals surface area (Å²) in [5.74, 6) is 6.17. The summed E-state index contributed by atoms with van der Waals surface area (Å²) >= 11 is 0. The molecular formula is C15H17N3O. The van der Waals surface area contributed by atoms with Crippen LogP contribution in [0.15, 0.2) is 54.7 Å². The molecule has 0 saturated carbocycles. The highest BCUT2D eigenvalue weighted by molar-refractivity contribution is 5.66. The van der Waals surface area contributed by atoms with Crippen LogP contribution in [0.3, 0.4) is 0 Å². The van der Waals surface area contributed by atoms with Crippen LogP contribution in [-0.2, 0) is 0 Å². The number of nitrogens with zero attached hydrogens (tertiary/aromatic N) is 1. The summed E-state index contributed by atoms with van der Waals surface area (Å²) in [4.78, 5) is 0. The van der Waals surface area contributed by atoms with Crippen molar-refractivity contribution in [2.75, 3.05) is 5.01 Å². The summed E-state index contributed by atoms with van der Waals surface area (Å²) in [7, 11) is 0. The highest BCUT2D eigenvalue weighted by Crippen LogP contribution is 2.17. The molecule has 0 radical (unpaired) electrons. The maximum absolute atomic E-state index is 9.23. The number of benzene rings is 2. The second-order valence-electron chi connectivity index (χ2n) is 4.38. The van der Waals surface area contributed by atoms with Gasteiger partial charge in [-0.05, 0) is 54.4 Å². The van der Waals surface area contributed by atoms with E-state index in [4.69, 9.17) is 11.6 Å². The van der Waals surface area contributed by atoms with Crippen molar-refractivity contribution in [3.8, 4) is 5.75 Å². The number of aryl methyl sites for hydroxylation is 1. The Morgan fingerprint density at radius 2 is 1.84 bits per heavy atom. The zero-order valence-corrected chi connectivity index (χ0v) is 10.7. The number of hydrogen-bond donors (Lipinski definition) is 3. The van der Waals surface area contributed by atoms with Gasteiger partial charge in [0.2, 0.25) is 0 Å². The highest BCUT2D eigenvalue weighted by atomic mass is 16.3. The molecule has 2 aromatic carbocycles. The van der Waals surface area contributed by atoms with Crippen LogP contribution in [0.1, 0.15) is 11.1 Å². The molecule has 0 aliphatic rings. The van der Waals surface area contributed by atoms with Gasteiger partial charge < -0.3 is 10.8 Å². The zero-order chi connectivity index (χ0) is 13.8. The molecule has 98 valence electrons. The van der Waals surface area contributed by atoms with E-state index >= 15 is 0 Å². The number of rotatable bonds is 3. The molecule has 0 bridgehead atoms. The number of nitrogens with two attached hydrogens (primary N) is 2. The third kappa shape index (κ3) is 3.26. The molecule has 19 heavy (non-hydrogen) atoms. The van der Waals surface area contributed by atoms with Crippen molar-refractivity contribution in [3.05, 3.63) is 65.9 Å². The number of aromatic hydroxyl groups is 1. The summed E-state index contributed by atoms with van der Waals surface area (Å²) in [5.41, 5.74) is 9.31. The molecule has 4 heteroatoms. The maximum Gasteiger partial charge on any atom is 0.115 e. The average Bonchev–Trinajstić information content (AvgIpc) is 2.39. The van der Waals surface area contributed by atoms with Crippen molar-refractivity contribution in [3.63, 3.8) is 0 Å². The molecule has 0 aromatic heterocycles. The van der Waals surface area contributed by atoms with Gasteiger partial charge in [0.15, 0.2) is 0 Å². The quantitative estimate of drug-likeness (QED) is 0.581. The first-order valence-electron chi connectivity index (χ1n) is 5.93. The van der Waals surface area contributed by atoms with E-state index < -0.39 is 0 Å². The maximum atomic E-state index is 9.23. The van der Waals surface area contributed by atoms with Gasteiger partial charge in [-0.1, -0.05) is 12.1 Å². The molecule has 0 atom stereocenters. The Balaban J connectivity index is 2.22. The van der Waals surface area contributed by atoms with Crippen molar-refractivity contribution < 1.29 is 5.11 Å². The number of phenols is 1. The summed E-state index contributed by atoms with van der Waals surface area (Å²) in [5, 5.41) is 10.7. The van der Waals surface area contributed by atoms with E-state index in [1.54, 1.807) is 30.5 Å². The fourth-order valence-electron chi connectivity index (χ4n) is 1.74. The molecule has 0 spiro atoms. The first kappa shape index (κ1) is 13.0. The van der Waals surface area contributed by atoms with Gasteiger partial charge in [0.05, 0.1) is 11.4 Å². The molecule has 4 nitrogen and oxygen atoms in total. The van der Waals surface area contributed by atoms with Crippen molar-refractivity contribution in [2.45, 2.75) is 6.92 Å². The minimum Gasteiger partial charge on any atom is -0.508 e. The third-order valence-corrected chi connectivity index (χ3v) is 2.78. The second kappa shape index (κ2) is 5.46. The van der Waals surface area contributed by atoms with Gasteiger partial charge in [0.1, 0.15) is 5.75 Å². The normalized spacial score (nSPS) is 11.4. The van der Waals surface area contributed by atoms with Crippen LogP contribution >= 0.6 is 0 Å². The molecule has 2 rings (SSSR count). The van der Waals surface area contributed by atoms with Crippen molar-refractivity contribution in [1.29, 1.82) is 0 Å². The van der Waals surface area contributed by atoms with E-state index in [2.05, 4.69) is 0 Å². The number of phenolic OH excluding ortho intramolecular Hbond substituents is 1. The van der Waals surface area contributed by atoms with E-state index in [-0.39, 0.29) is 5.75 Å². The van der Waals surface area contributed by atoms with Gasteiger partial charge in [0.25, 0.3) is 0 Å². The third-order valence-electron chi connectivity index (χ3n) is 2.78. The van der Waals surface area contributed by atoms with Gasteiger partial charge in [-0.25, -0.2) is 5.84 Å². The monoisotopic (exact) mass is 255 g/mol. The van der Waals surface area contributed by atoms with Crippen LogP contribution in [0, 0.1) is 6.92 Å². The van der Waals surface area contributed by atoms with E-state index in [0.717, 1.165) is 16.8 Å². The molecule has 0 aliphatic heterocycles. The summed E-state index contributed by atoms with van der Waals surface area (Å²) in [6.45, 7) is 2.00. The lowest BCUT2D eigenvalue weighted by molar-refractivity contribution is 0.475. The predicted octanol–water partition coefficient (Wildman–Crippen LogP) is 2.34. The Hall–Kier alpha value is -2.46. The van der Waals surface area contributed by atoms with Crippen molar-refractivity contribution in [1.82, 2.24) is 0 Å². The summed E-state index contributed by atoms with van der Waals surface area (Å²) < 4.78 is 0. The Kier molecular flexibility index (Phi) is 3.73. The van der Waals surface area contributed by atoms with E-state index in [9.17, 15) is 5.11 Å². The lowest BCUT2D eigenvalue weighted by Crippen LogP contribution is -2.25. The fraction of sp³-hybridized carbons (Fsp3) is 0.0667. The average molecular weight is 255 g/mol. The Bertz CT molecular complexity index is 591. The van der Waals surface area contributed by atoms with Gasteiger partial charge in [-0.3, -0.25) is 5.01 Å². The van der Waals surface area contributed by atoms with E-state index in [0.29, 0.717) is 5.70 Å². The van der Waals surface area contributed by atoms with E-state index in [1.165, 1.54) is 5.01 Å². The first-order chi connectivity index (χ1) is 9.06. The molecule has 0 heterocycles. The van der Waals surface area contributed by atoms with Crippen LogP contribution in [-0.4, -0.2) is 5.11 Å². The number of hydrazine groups is 1. The predicted molar refractivity (Wildman–Crippen MR) is 78.1 cm³/mol. The lowest BCUT2D eigenvalue weighted by atomic mass is 10.1. The SMILES string of the molecule is Cc1cccc(N(N)/C=C(\N)c2ccc(O)cc2)c1. The largest absolute Gasteiger partial charge is 0.508 e. The summed E-state index contributed by atoms with van der Waals surface area (Å²) in [6.07, 6.45) is 1.65. The fourth-order valence-corrected chi connectivity index (χ4v) is 1.74. The van der Waals surface area contributed by atoms with Gasteiger partial charge in [-0.15, -0.1) is 0 Å². The zero-order valence-electron chi connectivity index (χ0n) is 10.7. The topological polar surface area (TPSA) is 75.5 Å². The minimum atomic E-state index is 0.208. The van der Waals surface area contributed by atoms with Crippen molar-refractivity contribution in [2.24, 2.45) is 11.6 Å². The summed E-state index contributed by atoms with van der Waals surface area (Å²) in [6, 6.07) is 14.5. The van der Waals surface area contributed by atoms with Crippen molar-refractivity contribution >= 4 is 11.4 Å². The number of hydrogen-bond acceptors (Lipinski definition) is 4. The molecular weight excluding hydrogens is 238 g/mol. The van der Waals surface area contributed by atoms with Crippen LogP contribution < -0.4 is 16.6 Å². The molecule has 0 saturated heterocycles. The van der Waals surface area contributed by atoms with Gasteiger partial charge in [-0.2, -0.15) is 0 Å². The van der Waals surface area contributed by atoms with Gasteiger partial charge in [0, 0.05) is 6.20 Å². The van der Waals surface area contributed by atoms with E-state index in [1.807, 2.05) is 31.2 Å². The molecule has 2 aromatic rings. The Morgan fingerprint density at radius 1 is 1.16 bits per heavy atom. The molecule has 5 N–H and O–H groups in total. The molecule has 0 amide bonds. The molecule has 0 aliphatic carbocycles. The van der Waals surface area contributed by atoms with Crippen LogP contribution in [0.2, 0.25) is 0 Å². The standard InChI is InChI=1S/C15H17N3O/c1-11-3-2-4-13(9-11)18(17)10-15(16)12-5-7-14(19)8-6-12/h2-10,19H,16-17H2,1H3/b15-10-. The minimum absolute atomic E-state index is 0.208. The number of anilines is 1.